The van der Waals surface area contributed by atoms with Crippen molar-refractivity contribution in [2.75, 3.05) is 25.0 Å². The third-order valence-electron chi connectivity index (χ3n) is 3.00. The number of nitrogens with one attached hydrogen (secondary N) is 3. The van der Waals surface area contributed by atoms with Gasteiger partial charge in [0.15, 0.2) is 5.96 Å². The highest BCUT2D eigenvalue weighted by Crippen LogP contribution is 2.19. The lowest BCUT2D eigenvalue weighted by molar-refractivity contribution is -0.116. The molecule has 0 atom stereocenters. The van der Waals surface area contributed by atoms with Crippen molar-refractivity contribution in [1.29, 1.82) is 0 Å². The maximum atomic E-state index is 11.9. The molecule has 5 nitrogen and oxygen atoms in total. The first-order valence-electron chi connectivity index (χ1n) is 6.73. The summed E-state index contributed by atoms with van der Waals surface area (Å²) in [5.74, 6) is 0.795. The number of amides is 1. The second-order valence-corrected chi connectivity index (χ2v) is 5.61. The van der Waals surface area contributed by atoms with Crippen molar-refractivity contribution >= 4 is 33.5 Å². The van der Waals surface area contributed by atoms with Crippen LogP contribution in [0.1, 0.15) is 18.4 Å². The Hall–Kier alpha value is -1.56. The average molecular weight is 339 g/mol. The summed E-state index contributed by atoms with van der Waals surface area (Å²) in [5.41, 5.74) is 1.89. The van der Waals surface area contributed by atoms with Crippen LogP contribution in [0.15, 0.2) is 27.7 Å². The van der Waals surface area contributed by atoms with Crippen molar-refractivity contribution in [3.05, 3.63) is 28.2 Å². The summed E-state index contributed by atoms with van der Waals surface area (Å²) in [6.45, 7) is 4.34. The van der Waals surface area contributed by atoms with E-state index in [1.165, 1.54) is 0 Å². The Balaban J connectivity index is 1.76. The third kappa shape index (κ3) is 4.52. The Morgan fingerprint density at radius 2 is 2.35 bits per heavy atom. The van der Waals surface area contributed by atoms with E-state index in [-0.39, 0.29) is 5.91 Å². The molecule has 20 heavy (non-hydrogen) atoms. The fourth-order valence-electron chi connectivity index (χ4n) is 1.93. The molecule has 0 radical (unpaired) electrons. The van der Waals surface area contributed by atoms with Gasteiger partial charge in [-0.15, -0.1) is 0 Å². The van der Waals surface area contributed by atoms with E-state index in [0.29, 0.717) is 13.0 Å². The molecule has 0 unspecified atom stereocenters. The van der Waals surface area contributed by atoms with Crippen LogP contribution in [-0.4, -0.2) is 31.5 Å². The van der Waals surface area contributed by atoms with Gasteiger partial charge in [0.2, 0.25) is 5.91 Å². The van der Waals surface area contributed by atoms with Crippen LogP contribution in [0.5, 0.6) is 0 Å². The van der Waals surface area contributed by atoms with Gasteiger partial charge in [0.1, 0.15) is 0 Å². The number of rotatable bonds is 4. The van der Waals surface area contributed by atoms with Crippen molar-refractivity contribution in [1.82, 2.24) is 10.6 Å². The number of benzene rings is 1. The number of aliphatic imine (C=N–C) groups is 1. The fourth-order valence-corrected chi connectivity index (χ4v) is 2.40. The first-order chi connectivity index (χ1) is 9.65. The molecule has 1 heterocycles. The molecule has 1 aromatic carbocycles. The summed E-state index contributed by atoms with van der Waals surface area (Å²) < 4.78 is 1.01. The predicted molar refractivity (Wildman–Crippen MR) is 85.1 cm³/mol. The highest BCUT2D eigenvalue weighted by atomic mass is 79.9. The number of nitrogens with zero attached hydrogens (tertiary/aromatic N) is 1. The average Bonchev–Trinajstić information content (AvgIpc) is 2.43. The second-order valence-electron chi connectivity index (χ2n) is 4.69. The smallest absolute Gasteiger partial charge is 0.226 e. The monoisotopic (exact) mass is 338 g/mol. The van der Waals surface area contributed by atoms with Gasteiger partial charge >= 0.3 is 0 Å². The summed E-state index contributed by atoms with van der Waals surface area (Å²) in [6, 6.07) is 5.80. The van der Waals surface area contributed by atoms with Gasteiger partial charge in [-0.25, -0.2) is 0 Å². The summed E-state index contributed by atoms with van der Waals surface area (Å²) in [7, 11) is 0. The molecule has 0 saturated heterocycles. The lowest BCUT2D eigenvalue weighted by Gasteiger charge is -2.16. The van der Waals surface area contributed by atoms with Gasteiger partial charge < -0.3 is 16.0 Å². The van der Waals surface area contributed by atoms with Crippen molar-refractivity contribution < 1.29 is 4.79 Å². The third-order valence-corrected chi connectivity index (χ3v) is 3.50. The van der Waals surface area contributed by atoms with E-state index in [4.69, 9.17) is 0 Å². The molecule has 1 aliphatic heterocycles. The number of aryl methyl sites for hydroxylation is 1. The quantitative estimate of drug-likeness (QED) is 0.786. The standard InChI is InChI=1S/C14H19BrN4O/c1-10-9-11(15)3-4-12(10)19-13(20)5-8-18-14-16-6-2-7-17-14/h3-4,9H,2,5-8H2,1H3,(H,19,20)(H2,16,17,18). The fraction of sp³-hybridized carbons (Fsp3) is 0.429. The first-order valence-corrected chi connectivity index (χ1v) is 7.52. The summed E-state index contributed by atoms with van der Waals surface area (Å²) in [4.78, 5) is 16.2. The minimum absolute atomic E-state index is 0.000619. The molecule has 0 aromatic heterocycles. The molecule has 0 aliphatic carbocycles. The largest absolute Gasteiger partial charge is 0.356 e. The Morgan fingerprint density at radius 3 is 3.05 bits per heavy atom. The van der Waals surface area contributed by atoms with Gasteiger partial charge in [-0.2, -0.15) is 0 Å². The molecular weight excluding hydrogens is 320 g/mol. The van der Waals surface area contributed by atoms with Crippen molar-refractivity contribution in [3.8, 4) is 0 Å². The molecular formula is C14H19BrN4O. The molecule has 6 heteroatoms. The zero-order chi connectivity index (χ0) is 14.4. The molecule has 0 bridgehead atoms. The molecule has 0 spiro atoms. The Morgan fingerprint density at radius 1 is 1.50 bits per heavy atom. The number of halogens is 1. The lowest BCUT2D eigenvalue weighted by atomic mass is 10.2. The molecule has 3 N–H and O–H groups in total. The van der Waals surface area contributed by atoms with Gasteiger partial charge in [-0.05, 0) is 37.1 Å². The number of hydrogen-bond acceptors (Lipinski definition) is 4. The Labute approximate surface area is 127 Å². The number of hydrogen-bond donors (Lipinski definition) is 3. The molecule has 108 valence electrons. The molecule has 0 saturated carbocycles. The number of carbonyl (C=O) groups is 1. The van der Waals surface area contributed by atoms with Crippen LogP contribution in [-0.2, 0) is 4.79 Å². The summed E-state index contributed by atoms with van der Waals surface area (Å²) in [5, 5.41) is 9.21. The predicted octanol–water partition coefficient (Wildman–Crippen LogP) is 2.03. The Kier molecular flexibility index (Phi) is 5.40. The zero-order valence-electron chi connectivity index (χ0n) is 11.5. The molecule has 1 aliphatic rings. The van der Waals surface area contributed by atoms with E-state index in [1.54, 1.807) is 0 Å². The maximum Gasteiger partial charge on any atom is 0.226 e. The van der Waals surface area contributed by atoms with Gasteiger partial charge in [-0.3, -0.25) is 9.79 Å². The van der Waals surface area contributed by atoms with Gasteiger partial charge in [-0.1, -0.05) is 15.9 Å². The van der Waals surface area contributed by atoms with Crippen LogP contribution < -0.4 is 16.0 Å². The Bertz CT molecular complexity index is 516. The topological polar surface area (TPSA) is 65.5 Å². The number of anilines is 1. The van der Waals surface area contributed by atoms with E-state index >= 15 is 0 Å². The molecule has 1 aromatic rings. The molecule has 1 amide bonds. The maximum absolute atomic E-state index is 11.9. The highest BCUT2D eigenvalue weighted by molar-refractivity contribution is 9.10. The highest BCUT2D eigenvalue weighted by Gasteiger charge is 2.07. The lowest BCUT2D eigenvalue weighted by Crippen LogP contribution is -2.41. The van der Waals surface area contributed by atoms with Crippen LogP contribution in [0.25, 0.3) is 0 Å². The number of guanidine groups is 1. The first kappa shape index (κ1) is 14.8. The van der Waals surface area contributed by atoms with Crippen molar-refractivity contribution in [2.45, 2.75) is 19.8 Å². The van der Waals surface area contributed by atoms with Gasteiger partial charge in [0.05, 0.1) is 0 Å². The number of carbonyl (C=O) groups excluding carboxylic acids is 1. The minimum Gasteiger partial charge on any atom is -0.356 e. The van der Waals surface area contributed by atoms with Crippen molar-refractivity contribution in [3.63, 3.8) is 0 Å². The van der Waals surface area contributed by atoms with E-state index in [0.717, 1.165) is 41.2 Å². The zero-order valence-corrected chi connectivity index (χ0v) is 13.1. The van der Waals surface area contributed by atoms with Crippen LogP contribution in [0, 0.1) is 6.92 Å². The van der Waals surface area contributed by atoms with Crippen molar-refractivity contribution in [2.24, 2.45) is 4.99 Å². The van der Waals surface area contributed by atoms with E-state index in [1.807, 2.05) is 25.1 Å². The molecule has 2 rings (SSSR count). The van der Waals surface area contributed by atoms with Gasteiger partial charge in [0, 0.05) is 36.2 Å². The summed E-state index contributed by atoms with van der Waals surface area (Å²) in [6.07, 6.45) is 1.48. The van der Waals surface area contributed by atoms with Crippen LogP contribution in [0.3, 0.4) is 0 Å². The van der Waals surface area contributed by atoms with E-state index < -0.39 is 0 Å². The molecule has 0 fully saturated rings. The van der Waals surface area contributed by atoms with Crippen LogP contribution in [0.4, 0.5) is 5.69 Å². The summed E-state index contributed by atoms with van der Waals surface area (Å²) >= 11 is 3.41. The van der Waals surface area contributed by atoms with Gasteiger partial charge in [0.25, 0.3) is 0 Å². The van der Waals surface area contributed by atoms with Crippen LogP contribution >= 0.6 is 15.9 Å². The van der Waals surface area contributed by atoms with Crippen LogP contribution in [0.2, 0.25) is 0 Å². The van der Waals surface area contributed by atoms with E-state index in [2.05, 4.69) is 36.9 Å². The minimum atomic E-state index is -0.000619. The second kappa shape index (κ2) is 7.28. The normalized spacial score (nSPS) is 14.2. The van der Waals surface area contributed by atoms with E-state index in [9.17, 15) is 4.79 Å². The SMILES string of the molecule is Cc1cc(Br)ccc1NC(=O)CCNC1=NCCCN1.